The van der Waals surface area contributed by atoms with Gasteiger partial charge in [0.25, 0.3) is 0 Å². The highest BCUT2D eigenvalue weighted by molar-refractivity contribution is 5.92. The van der Waals surface area contributed by atoms with Crippen molar-refractivity contribution in [1.82, 2.24) is 9.97 Å². The molecule has 2 bridgehead atoms. The number of fused-ring (bicyclic) bond motifs is 5. The van der Waals surface area contributed by atoms with Crippen LogP contribution in [0.4, 0.5) is 5.82 Å². The molecule has 1 aromatic heterocycles. The molecule has 3 aliphatic carbocycles. The van der Waals surface area contributed by atoms with Gasteiger partial charge in [0.05, 0.1) is 0 Å². The fourth-order valence-electron chi connectivity index (χ4n) is 4.28. The summed E-state index contributed by atoms with van der Waals surface area (Å²) in [6.45, 7) is 0. The maximum atomic E-state index is 11.1. The van der Waals surface area contributed by atoms with Gasteiger partial charge >= 0.3 is 5.97 Å². The number of carboxylic acid groups (broad SMARTS) is 1. The van der Waals surface area contributed by atoms with Crippen molar-refractivity contribution in [3.8, 4) is 0 Å². The SMILES string of the molecule is O=C(O)c1cncnc1NC1C2C3CCC(C3)C12. The Morgan fingerprint density at radius 3 is 2.72 bits per heavy atom. The van der Waals surface area contributed by atoms with Gasteiger partial charge in [0, 0.05) is 12.2 Å². The Bertz CT molecular complexity index is 503. The summed E-state index contributed by atoms with van der Waals surface area (Å²) >= 11 is 0. The molecule has 5 nitrogen and oxygen atoms in total. The van der Waals surface area contributed by atoms with Crippen LogP contribution in [0, 0.1) is 23.7 Å². The van der Waals surface area contributed by atoms with Gasteiger partial charge < -0.3 is 10.4 Å². The number of aromatic carboxylic acids is 1. The maximum Gasteiger partial charge on any atom is 0.341 e. The molecule has 3 saturated carbocycles. The van der Waals surface area contributed by atoms with E-state index in [4.69, 9.17) is 5.11 Å². The summed E-state index contributed by atoms with van der Waals surface area (Å²) in [7, 11) is 0. The third-order valence-corrected chi connectivity index (χ3v) is 4.98. The topological polar surface area (TPSA) is 75.1 Å². The van der Waals surface area contributed by atoms with Crippen molar-refractivity contribution >= 4 is 11.8 Å². The largest absolute Gasteiger partial charge is 0.477 e. The first-order valence-electron chi connectivity index (χ1n) is 6.55. The van der Waals surface area contributed by atoms with Crippen LogP contribution in [0.5, 0.6) is 0 Å². The molecule has 18 heavy (non-hydrogen) atoms. The molecule has 1 aromatic rings. The van der Waals surface area contributed by atoms with Crippen LogP contribution in [0.15, 0.2) is 12.5 Å². The van der Waals surface area contributed by atoms with Gasteiger partial charge in [-0.2, -0.15) is 0 Å². The van der Waals surface area contributed by atoms with Crippen LogP contribution < -0.4 is 5.32 Å². The molecule has 4 unspecified atom stereocenters. The number of hydrogen-bond acceptors (Lipinski definition) is 4. The number of rotatable bonds is 3. The Morgan fingerprint density at radius 2 is 2.06 bits per heavy atom. The molecule has 0 radical (unpaired) electrons. The predicted molar refractivity (Wildman–Crippen MR) is 64.2 cm³/mol. The van der Waals surface area contributed by atoms with Crippen LogP contribution in [0.2, 0.25) is 0 Å². The Balaban J connectivity index is 1.55. The maximum absolute atomic E-state index is 11.1. The lowest BCUT2D eigenvalue weighted by Crippen LogP contribution is -2.16. The van der Waals surface area contributed by atoms with E-state index in [0.717, 1.165) is 23.7 Å². The summed E-state index contributed by atoms with van der Waals surface area (Å²) < 4.78 is 0. The highest BCUT2D eigenvalue weighted by Crippen LogP contribution is 2.66. The minimum Gasteiger partial charge on any atom is -0.477 e. The number of carboxylic acids is 1. The van der Waals surface area contributed by atoms with Crippen LogP contribution in [0.3, 0.4) is 0 Å². The van der Waals surface area contributed by atoms with Crippen LogP contribution in [0.1, 0.15) is 29.6 Å². The third-order valence-electron chi connectivity index (χ3n) is 4.98. The molecule has 4 atom stereocenters. The summed E-state index contributed by atoms with van der Waals surface area (Å²) in [5.74, 6) is 2.78. The molecule has 0 amide bonds. The van der Waals surface area contributed by atoms with Crippen molar-refractivity contribution in [2.24, 2.45) is 23.7 Å². The second-order valence-corrected chi connectivity index (χ2v) is 5.75. The molecule has 3 fully saturated rings. The molecule has 0 spiro atoms. The molecular weight excluding hydrogens is 230 g/mol. The molecule has 3 aliphatic rings. The van der Waals surface area contributed by atoms with E-state index in [-0.39, 0.29) is 5.56 Å². The zero-order valence-electron chi connectivity index (χ0n) is 9.91. The fourth-order valence-corrected chi connectivity index (χ4v) is 4.28. The molecule has 1 heterocycles. The van der Waals surface area contributed by atoms with Crippen molar-refractivity contribution < 1.29 is 9.90 Å². The van der Waals surface area contributed by atoms with E-state index in [0.29, 0.717) is 11.9 Å². The quantitative estimate of drug-likeness (QED) is 0.846. The molecule has 2 N–H and O–H groups in total. The monoisotopic (exact) mass is 245 g/mol. The number of anilines is 1. The van der Waals surface area contributed by atoms with E-state index >= 15 is 0 Å². The molecule has 0 saturated heterocycles. The summed E-state index contributed by atoms with van der Waals surface area (Å²) in [5.41, 5.74) is 0.176. The lowest BCUT2D eigenvalue weighted by Gasteiger charge is -2.12. The molecular formula is C13H15N3O2. The minimum absolute atomic E-state index is 0.176. The number of aromatic nitrogens is 2. The predicted octanol–water partition coefficient (Wildman–Crippen LogP) is 1.63. The van der Waals surface area contributed by atoms with E-state index in [9.17, 15) is 4.79 Å². The Morgan fingerprint density at radius 1 is 1.33 bits per heavy atom. The van der Waals surface area contributed by atoms with Gasteiger partial charge in [0.15, 0.2) is 0 Å². The molecule has 5 heteroatoms. The van der Waals surface area contributed by atoms with Crippen LogP contribution in [-0.4, -0.2) is 27.1 Å². The van der Waals surface area contributed by atoms with Gasteiger partial charge in [0.1, 0.15) is 17.7 Å². The number of hydrogen-bond donors (Lipinski definition) is 2. The molecule has 94 valence electrons. The van der Waals surface area contributed by atoms with Crippen LogP contribution in [0.25, 0.3) is 0 Å². The van der Waals surface area contributed by atoms with E-state index < -0.39 is 5.97 Å². The molecule has 0 aromatic carbocycles. The van der Waals surface area contributed by atoms with Gasteiger partial charge in [-0.25, -0.2) is 14.8 Å². The Hall–Kier alpha value is -1.65. The van der Waals surface area contributed by atoms with Crippen molar-refractivity contribution in [2.75, 3.05) is 5.32 Å². The average molecular weight is 245 g/mol. The van der Waals surface area contributed by atoms with Crippen molar-refractivity contribution in [3.63, 3.8) is 0 Å². The first-order chi connectivity index (χ1) is 8.75. The average Bonchev–Trinajstić information content (AvgIpc) is 2.78. The molecule has 4 rings (SSSR count). The zero-order valence-corrected chi connectivity index (χ0v) is 9.91. The Labute approximate surface area is 105 Å². The first kappa shape index (κ1) is 10.3. The second kappa shape index (κ2) is 3.43. The van der Waals surface area contributed by atoms with E-state index in [1.807, 2.05) is 0 Å². The second-order valence-electron chi connectivity index (χ2n) is 5.75. The van der Waals surface area contributed by atoms with Gasteiger partial charge in [-0.3, -0.25) is 0 Å². The van der Waals surface area contributed by atoms with E-state index in [1.54, 1.807) is 0 Å². The third kappa shape index (κ3) is 1.30. The Kier molecular flexibility index (Phi) is 1.96. The minimum atomic E-state index is -0.966. The van der Waals surface area contributed by atoms with E-state index in [1.165, 1.54) is 31.8 Å². The van der Waals surface area contributed by atoms with Crippen LogP contribution in [-0.2, 0) is 0 Å². The van der Waals surface area contributed by atoms with Crippen molar-refractivity contribution in [3.05, 3.63) is 18.1 Å². The van der Waals surface area contributed by atoms with Gasteiger partial charge in [-0.1, -0.05) is 0 Å². The smallest absolute Gasteiger partial charge is 0.341 e. The van der Waals surface area contributed by atoms with Gasteiger partial charge in [-0.05, 0) is 42.9 Å². The first-order valence-corrected chi connectivity index (χ1v) is 6.55. The highest BCUT2D eigenvalue weighted by Gasteiger charge is 2.65. The zero-order chi connectivity index (χ0) is 12.3. The van der Waals surface area contributed by atoms with Crippen LogP contribution >= 0.6 is 0 Å². The summed E-state index contributed by atoms with van der Waals surface area (Å²) in [4.78, 5) is 18.9. The number of nitrogens with one attached hydrogen (secondary N) is 1. The normalized spacial score (nSPS) is 39.4. The summed E-state index contributed by atoms with van der Waals surface area (Å²) in [6.07, 6.45) is 6.88. The van der Waals surface area contributed by atoms with E-state index in [2.05, 4.69) is 15.3 Å². The molecule has 0 aliphatic heterocycles. The number of carbonyl (C=O) groups is 1. The summed E-state index contributed by atoms with van der Waals surface area (Å²) in [5, 5.41) is 12.4. The lowest BCUT2D eigenvalue weighted by molar-refractivity contribution is 0.0697. The summed E-state index contributed by atoms with van der Waals surface area (Å²) in [6, 6.07) is 0.448. The lowest BCUT2D eigenvalue weighted by atomic mass is 10.0. The standard InChI is InChI=1S/C13H15N3O2/c17-13(18)8-4-14-5-15-12(8)16-11-9-6-1-2-7(3-6)10(9)11/h4-7,9-11H,1-3H2,(H,17,18)(H,14,15,16). The van der Waals surface area contributed by atoms with Gasteiger partial charge in [-0.15, -0.1) is 0 Å². The number of nitrogens with zero attached hydrogens (tertiary/aromatic N) is 2. The van der Waals surface area contributed by atoms with Crippen molar-refractivity contribution in [2.45, 2.75) is 25.3 Å². The van der Waals surface area contributed by atoms with Crippen molar-refractivity contribution in [1.29, 1.82) is 0 Å². The highest BCUT2D eigenvalue weighted by atomic mass is 16.4. The fraction of sp³-hybridized carbons (Fsp3) is 0.615. The van der Waals surface area contributed by atoms with Gasteiger partial charge in [0.2, 0.25) is 0 Å².